The predicted molar refractivity (Wildman–Crippen MR) is 284 cm³/mol. The maximum atomic E-state index is 13.1. The van der Waals surface area contributed by atoms with E-state index < -0.39 is 206 Å². The number of aliphatic hydroxyl groups is 13. The average Bonchev–Trinajstić information content (AvgIpc) is 1.30. The van der Waals surface area contributed by atoms with Crippen LogP contribution in [0, 0.1) is 34.5 Å². The van der Waals surface area contributed by atoms with Crippen LogP contribution >= 0.6 is 0 Å². The summed E-state index contributed by atoms with van der Waals surface area (Å²) in [7, 11) is -5.14. The van der Waals surface area contributed by atoms with Crippen molar-refractivity contribution in [3.8, 4) is 0 Å². The summed E-state index contributed by atoms with van der Waals surface area (Å²) in [5.41, 5.74) is -0.577. The van der Waals surface area contributed by atoms with Crippen LogP contribution < -0.4 is 29.6 Å². The number of fused-ring (bicyclic) bond motifs is 5. The van der Waals surface area contributed by atoms with Crippen molar-refractivity contribution in [1.29, 1.82) is 0 Å². The number of hydrogen-bond donors (Lipinski definition) is 13. The van der Waals surface area contributed by atoms with Crippen molar-refractivity contribution in [3.05, 3.63) is 23.3 Å². The van der Waals surface area contributed by atoms with Gasteiger partial charge in [-0.3, -0.25) is 8.98 Å². The Bertz CT molecular complexity index is 2490. The number of ether oxygens (including phenoxy) is 10. The fourth-order valence-electron chi connectivity index (χ4n) is 15.6. The van der Waals surface area contributed by atoms with Gasteiger partial charge in [0, 0.05) is 6.42 Å². The van der Waals surface area contributed by atoms with Crippen molar-refractivity contribution in [2.45, 2.75) is 272 Å². The number of hydrogen-bond acceptors (Lipinski definition) is 28. The van der Waals surface area contributed by atoms with Gasteiger partial charge in [0.05, 0.1) is 49.3 Å². The molecule has 86 heavy (non-hydrogen) atoms. The van der Waals surface area contributed by atoms with Gasteiger partial charge >= 0.3 is 29.6 Å². The summed E-state index contributed by atoms with van der Waals surface area (Å²) in [6, 6.07) is 0. The molecule has 8 fully saturated rings. The molecule has 0 aromatic heterocycles. The quantitative estimate of drug-likeness (QED) is 0.0212. The second-order valence-electron chi connectivity index (χ2n) is 26.2. The fourth-order valence-corrected chi connectivity index (χ4v) is 16.1. The molecular formula is C56H89NaO28S. The van der Waals surface area contributed by atoms with Crippen molar-refractivity contribution in [3.63, 3.8) is 0 Å². The second kappa shape index (κ2) is 27.6. The Morgan fingerprint density at radius 2 is 1.21 bits per heavy atom. The van der Waals surface area contributed by atoms with Crippen LogP contribution in [0.25, 0.3) is 0 Å². The maximum Gasteiger partial charge on any atom is 1.00 e. The summed E-state index contributed by atoms with van der Waals surface area (Å²) < 4.78 is 102. The molecule has 30 heteroatoms. The molecule has 28 nitrogen and oxygen atoms in total. The second-order valence-corrected chi connectivity index (χ2v) is 27.2. The van der Waals surface area contributed by atoms with Crippen LogP contribution in [0.5, 0.6) is 0 Å². The number of carbonyl (C=O) groups is 1. The predicted octanol–water partition coefficient (Wildman–Crippen LogP) is -6.10. The fraction of sp³-hybridized carbons (Fsp3) is 0.911. The van der Waals surface area contributed by atoms with Crippen LogP contribution in [-0.2, 0) is 66.7 Å². The molecule has 3 saturated carbocycles. The molecule has 0 spiro atoms. The van der Waals surface area contributed by atoms with Gasteiger partial charge in [-0.1, -0.05) is 31.1 Å². The first-order chi connectivity index (χ1) is 39.7. The van der Waals surface area contributed by atoms with Gasteiger partial charge in [-0.05, 0) is 127 Å². The van der Waals surface area contributed by atoms with E-state index in [0.717, 1.165) is 11.1 Å². The summed E-state index contributed by atoms with van der Waals surface area (Å²) in [5.74, 6) is -1.21. The van der Waals surface area contributed by atoms with E-state index >= 15 is 0 Å². The molecule has 9 aliphatic rings. The summed E-state index contributed by atoms with van der Waals surface area (Å²) in [6.07, 6.45) is -36.5. The van der Waals surface area contributed by atoms with E-state index in [9.17, 15) is 84.1 Å². The van der Waals surface area contributed by atoms with Gasteiger partial charge in [0.25, 0.3) is 0 Å². The Balaban J connectivity index is 0.00000961. The minimum absolute atomic E-state index is 0. The molecule has 4 aliphatic carbocycles. The molecule has 5 saturated heterocycles. The smallest absolute Gasteiger partial charge is 0.726 e. The minimum atomic E-state index is -5.14. The molecule has 0 aromatic rings. The van der Waals surface area contributed by atoms with Gasteiger partial charge in [0.1, 0.15) is 97.7 Å². The zero-order valence-corrected chi connectivity index (χ0v) is 52.7. The first-order valence-electron chi connectivity index (χ1n) is 29.5. The van der Waals surface area contributed by atoms with Gasteiger partial charge in [0.15, 0.2) is 37.2 Å². The maximum absolute atomic E-state index is 13.1. The third-order valence-electron chi connectivity index (χ3n) is 20.1. The van der Waals surface area contributed by atoms with Crippen LogP contribution in [0.2, 0.25) is 0 Å². The van der Waals surface area contributed by atoms with Crippen molar-refractivity contribution in [2.75, 3.05) is 13.2 Å². The summed E-state index contributed by atoms with van der Waals surface area (Å²) in [5, 5.41) is 145. The van der Waals surface area contributed by atoms with Crippen molar-refractivity contribution in [2.24, 2.45) is 34.5 Å². The standard InChI is InChI=1S/C56H90O28S.Na/c1-21(2)15-25(58)18-56(8,70)34-10-9-28-27-17-31(30-16-26(84-85(71,72)73)11-13-54(30,6)29(27)12-14-55(28,34)7)78-51-45(69)46(37(61)24(5)77-51)81-52-47(82-49-43(67)40(64)35(59)22(3)75-49)39(63)33(20-74-52)80-53-48(42(66)38(62)32(19-57)79-53)83-50-44(68)41(65)36(60)23(4)76-50;/h12,15,22-24,26-28,30-53,57,59-70H,9-11,13-14,16-20H2,1-8H3,(H,71,72,73);/q;+1/p-1/t22?,23?,24?,26-,27?,28?,30+,31-,32?,33?,34?,35?,36?,37?,38?,39?,40?,41?,42?,43?,44?,45?,46?,47?,48?,49?,50?,51?,52?,53?,54+,55-,56-;/m0./s1. The molecule has 0 amide bonds. The van der Waals surface area contributed by atoms with E-state index in [2.05, 4.69) is 19.9 Å². The Labute approximate surface area is 521 Å². The van der Waals surface area contributed by atoms with Gasteiger partial charge in [-0.15, -0.1) is 0 Å². The summed E-state index contributed by atoms with van der Waals surface area (Å²) in [4.78, 5) is 13.1. The first-order valence-corrected chi connectivity index (χ1v) is 30.9. The van der Waals surface area contributed by atoms with Gasteiger partial charge in [-0.25, -0.2) is 8.42 Å². The molecular weight excluding hydrogens is 1180 g/mol. The third kappa shape index (κ3) is 14.1. The van der Waals surface area contributed by atoms with Gasteiger partial charge in [0.2, 0.25) is 10.4 Å². The van der Waals surface area contributed by atoms with Crippen molar-refractivity contribution >= 4 is 16.2 Å². The Morgan fingerprint density at radius 1 is 0.663 bits per heavy atom. The monoisotopic (exact) mass is 1260 g/mol. The molecule has 0 aromatic carbocycles. The molecule has 5 aliphatic heterocycles. The molecule has 0 bridgehead atoms. The number of rotatable bonds is 17. The summed E-state index contributed by atoms with van der Waals surface area (Å²) in [6.45, 7) is 12.2. The van der Waals surface area contributed by atoms with Crippen LogP contribution in [0.15, 0.2) is 23.3 Å². The van der Waals surface area contributed by atoms with E-state index in [1.54, 1.807) is 6.92 Å². The zero-order valence-electron chi connectivity index (χ0n) is 49.9. The number of allylic oxidation sites excluding steroid dienone is 4. The number of carbonyl (C=O) groups excluding carboxylic acids is 1. The average molecular weight is 1270 g/mol. The molecule has 33 atom stereocenters. The van der Waals surface area contributed by atoms with Gasteiger partial charge in [-0.2, -0.15) is 0 Å². The molecule has 5 heterocycles. The number of aliphatic hydroxyl groups excluding tert-OH is 12. The molecule has 488 valence electrons. The van der Waals surface area contributed by atoms with E-state index in [0.29, 0.717) is 32.1 Å². The van der Waals surface area contributed by atoms with Crippen LogP contribution in [-0.4, -0.2) is 264 Å². The van der Waals surface area contributed by atoms with Crippen LogP contribution in [0.3, 0.4) is 0 Å². The molecule has 9 rings (SSSR count). The first kappa shape index (κ1) is 71.0. The zero-order chi connectivity index (χ0) is 62.3. The van der Waals surface area contributed by atoms with Crippen LogP contribution in [0.4, 0.5) is 0 Å². The molecule has 27 unspecified atom stereocenters. The van der Waals surface area contributed by atoms with Crippen LogP contribution in [0.1, 0.15) is 107 Å². The normalized spacial score (nSPS) is 50.5. The third-order valence-corrected chi connectivity index (χ3v) is 20.6. The van der Waals surface area contributed by atoms with E-state index in [1.165, 1.54) is 26.8 Å². The van der Waals surface area contributed by atoms with E-state index in [-0.39, 0.29) is 72.4 Å². The Hall–Kier alpha value is -0.900. The van der Waals surface area contributed by atoms with E-state index in [4.69, 9.17) is 51.6 Å². The Kier molecular flexibility index (Phi) is 22.8. The summed E-state index contributed by atoms with van der Waals surface area (Å²) >= 11 is 0. The van der Waals surface area contributed by atoms with Gasteiger partial charge < -0.3 is 118 Å². The minimum Gasteiger partial charge on any atom is -0.726 e. The largest absolute Gasteiger partial charge is 1.00 e. The topological polar surface area (TPSA) is 439 Å². The molecule has 0 radical (unpaired) electrons. The van der Waals surface area contributed by atoms with Crippen molar-refractivity contribution < 1.29 is 165 Å². The molecule has 13 N–H and O–H groups in total. The SMILES string of the molecule is CC(C)=CC(=O)C[C@](C)(O)C1CCC2C3C[C@H](OC4OC(C)C(O)C(OC5OCC(OC6OC(CO)C(O)C(O)C6OC6OC(C)C(O)C(O)C6O)C(O)C5OC5OC(C)C(O)C(O)C5O)C4O)[C@H]4C[C@@H](OS(=O)(=O)[O-])CC[C@]4(C)C3=CC[C@@]21C.[Na+]. The Morgan fingerprint density at radius 3 is 1.78 bits per heavy atom. The van der Waals surface area contributed by atoms with Crippen molar-refractivity contribution in [1.82, 2.24) is 0 Å². The number of ketones is 1. The van der Waals surface area contributed by atoms with E-state index in [1.807, 2.05) is 13.8 Å².